The number of phenols is 1. The fraction of sp³-hybridized carbons (Fsp3) is 0.333. The van der Waals surface area contributed by atoms with Gasteiger partial charge in [0.15, 0.2) is 5.96 Å². The normalized spacial score (nSPS) is 12.2. The van der Waals surface area contributed by atoms with Crippen LogP contribution in [-0.4, -0.2) is 52.8 Å². The number of aromatic hydroxyl groups is 1. The van der Waals surface area contributed by atoms with E-state index in [0.717, 1.165) is 5.56 Å². The van der Waals surface area contributed by atoms with Crippen molar-refractivity contribution in [3.63, 3.8) is 0 Å². The molecule has 0 aliphatic rings. The maximum atomic E-state index is 13.0. The molecule has 2 amide bonds. The first kappa shape index (κ1) is 27.0. The van der Waals surface area contributed by atoms with Crippen LogP contribution in [0.2, 0.25) is 0 Å². The van der Waals surface area contributed by atoms with Gasteiger partial charge in [0.2, 0.25) is 5.91 Å². The number of guanidine groups is 1. The Labute approximate surface area is 203 Å². The van der Waals surface area contributed by atoms with Crippen LogP contribution in [0.1, 0.15) is 28.7 Å². The first-order chi connectivity index (χ1) is 16.6. The monoisotopic (exact) mass is 485 g/mol. The van der Waals surface area contributed by atoms with E-state index in [1.54, 1.807) is 38.1 Å². The van der Waals surface area contributed by atoms with Crippen molar-refractivity contribution in [2.75, 3.05) is 6.54 Å². The number of carbonyl (C=O) groups excluding carboxylic acids is 2. The number of alkyl carbamates (subject to hydrolysis) is 1. The molecule has 0 radical (unpaired) electrons. The summed E-state index contributed by atoms with van der Waals surface area (Å²) in [6.45, 7) is 3.55. The summed E-state index contributed by atoms with van der Waals surface area (Å²) in [7, 11) is 0. The van der Waals surface area contributed by atoms with Crippen molar-refractivity contribution in [1.29, 1.82) is 5.41 Å². The maximum absolute atomic E-state index is 13.0. The number of ether oxygens (including phenoxy) is 1. The minimum Gasteiger partial charge on any atom is -0.508 e. The summed E-state index contributed by atoms with van der Waals surface area (Å²) >= 11 is 0. The van der Waals surface area contributed by atoms with Crippen LogP contribution >= 0.6 is 0 Å². The summed E-state index contributed by atoms with van der Waals surface area (Å²) in [5.74, 6) is -2.22. The molecule has 35 heavy (non-hydrogen) atoms. The Morgan fingerprint density at radius 3 is 2.26 bits per heavy atom. The predicted octanol–water partition coefficient (Wildman–Crippen LogP) is 1.29. The van der Waals surface area contributed by atoms with E-state index < -0.39 is 30.1 Å². The molecule has 0 spiro atoms. The van der Waals surface area contributed by atoms with E-state index in [2.05, 4.69) is 16.0 Å². The molecule has 2 aromatic rings. The highest BCUT2D eigenvalue weighted by atomic mass is 16.5. The molecule has 2 atom stereocenters. The molecule has 2 rings (SSSR count). The van der Waals surface area contributed by atoms with Gasteiger partial charge in [-0.3, -0.25) is 10.2 Å². The standard InChI is InChI=1S/C24H31N5O6/c1-14-10-17(30)11-15(2)18(14)12-20(22(32)33)28-21(31)19(8-9-27-23(25)26)29-24(34)35-13-16-6-4-3-5-7-16/h3-7,10-11,19-20,30H,8-9,12-13H2,1-2H3,(H,28,31)(H,29,34)(H,32,33)(H4,25,26,27). The molecule has 0 fully saturated rings. The zero-order valence-corrected chi connectivity index (χ0v) is 19.6. The Balaban J connectivity index is 2.09. The number of phenolic OH excluding ortho intramolecular Hbond substituents is 1. The second-order valence-corrected chi connectivity index (χ2v) is 8.05. The third-order valence-electron chi connectivity index (χ3n) is 5.27. The molecule has 0 aliphatic carbocycles. The van der Waals surface area contributed by atoms with Crippen LogP contribution in [0.25, 0.3) is 0 Å². The summed E-state index contributed by atoms with van der Waals surface area (Å²) in [5.41, 5.74) is 8.09. The minimum absolute atomic E-state index is 0.0101. The first-order valence-corrected chi connectivity index (χ1v) is 10.9. The molecule has 0 bridgehead atoms. The zero-order chi connectivity index (χ0) is 26.0. The van der Waals surface area contributed by atoms with Gasteiger partial charge in [0, 0.05) is 13.0 Å². The Kier molecular flexibility index (Phi) is 9.88. The van der Waals surface area contributed by atoms with E-state index in [1.807, 2.05) is 6.07 Å². The quantitative estimate of drug-likeness (QED) is 0.183. The summed E-state index contributed by atoms with van der Waals surface area (Å²) in [6.07, 6.45) is -0.848. The van der Waals surface area contributed by atoms with E-state index in [0.29, 0.717) is 16.7 Å². The SMILES string of the molecule is Cc1cc(O)cc(C)c1CC(NC(=O)C(CCNC(=N)N)NC(=O)OCc1ccccc1)C(=O)O. The van der Waals surface area contributed by atoms with Gasteiger partial charge in [-0.1, -0.05) is 30.3 Å². The number of amides is 2. The van der Waals surface area contributed by atoms with Crippen LogP contribution in [-0.2, 0) is 27.4 Å². The number of nitrogens with two attached hydrogens (primary N) is 1. The Hall–Kier alpha value is -4.28. The number of carboxylic acids is 1. The summed E-state index contributed by atoms with van der Waals surface area (Å²) < 4.78 is 5.17. The van der Waals surface area contributed by atoms with Gasteiger partial charge in [-0.25, -0.2) is 9.59 Å². The van der Waals surface area contributed by atoms with E-state index in [4.69, 9.17) is 15.9 Å². The first-order valence-electron chi connectivity index (χ1n) is 10.9. The largest absolute Gasteiger partial charge is 0.508 e. The van der Waals surface area contributed by atoms with Crippen LogP contribution in [0.5, 0.6) is 5.75 Å². The van der Waals surface area contributed by atoms with Crippen molar-refractivity contribution in [3.8, 4) is 5.75 Å². The highest BCUT2D eigenvalue weighted by Crippen LogP contribution is 2.22. The van der Waals surface area contributed by atoms with Crippen molar-refractivity contribution in [3.05, 3.63) is 64.7 Å². The van der Waals surface area contributed by atoms with E-state index in [1.165, 1.54) is 12.1 Å². The topological polar surface area (TPSA) is 187 Å². The summed E-state index contributed by atoms with van der Waals surface area (Å²) in [6, 6.07) is 9.58. The van der Waals surface area contributed by atoms with Crippen molar-refractivity contribution in [2.24, 2.45) is 5.73 Å². The second kappa shape index (κ2) is 12.8. The number of aliphatic carboxylic acids is 1. The lowest BCUT2D eigenvalue weighted by Crippen LogP contribution is -2.53. The van der Waals surface area contributed by atoms with Crippen molar-refractivity contribution in [2.45, 2.75) is 45.4 Å². The molecule has 2 unspecified atom stereocenters. The average Bonchev–Trinajstić information content (AvgIpc) is 2.78. The van der Waals surface area contributed by atoms with Crippen molar-refractivity contribution < 1.29 is 29.3 Å². The lowest BCUT2D eigenvalue weighted by molar-refractivity contribution is -0.142. The highest BCUT2D eigenvalue weighted by molar-refractivity contribution is 5.89. The molecule has 0 saturated carbocycles. The molecular formula is C24H31N5O6. The second-order valence-electron chi connectivity index (χ2n) is 8.05. The van der Waals surface area contributed by atoms with Crippen LogP contribution in [0.3, 0.4) is 0 Å². The van der Waals surface area contributed by atoms with Gasteiger partial charge < -0.3 is 36.6 Å². The average molecular weight is 486 g/mol. The lowest BCUT2D eigenvalue weighted by Gasteiger charge is -2.22. The third-order valence-corrected chi connectivity index (χ3v) is 5.27. The molecule has 0 heterocycles. The van der Waals surface area contributed by atoms with E-state index in [-0.39, 0.29) is 37.7 Å². The van der Waals surface area contributed by atoms with Crippen LogP contribution < -0.4 is 21.7 Å². The number of rotatable bonds is 11. The van der Waals surface area contributed by atoms with Crippen LogP contribution in [0.4, 0.5) is 4.79 Å². The number of nitrogens with one attached hydrogen (secondary N) is 4. The number of benzene rings is 2. The number of carbonyl (C=O) groups is 3. The van der Waals surface area contributed by atoms with Crippen LogP contribution in [0, 0.1) is 19.3 Å². The van der Waals surface area contributed by atoms with Gasteiger partial charge in [0.25, 0.3) is 0 Å². The van der Waals surface area contributed by atoms with Crippen molar-refractivity contribution in [1.82, 2.24) is 16.0 Å². The molecule has 2 aromatic carbocycles. The third kappa shape index (κ3) is 8.88. The fourth-order valence-corrected chi connectivity index (χ4v) is 3.50. The zero-order valence-electron chi connectivity index (χ0n) is 19.6. The molecule has 8 N–H and O–H groups in total. The molecule has 11 nitrogen and oxygen atoms in total. The molecule has 11 heteroatoms. The van der Waals surface area contributed by atoms with Gasteiger partial charge in [-0.2, -0.15) is 0 Å². The lowest BCUT2D eigenvalue weighted by atomic mass is 9.95. The molecular weight excluding hydrogens is 454 g/mol. The van der Waals surface area contributed by atoms with E-state index in [9.17, 15) is 24.6 Å². The molecule has 0 aliphatic heterocycles. The molecule has 188 valence electrons. The maximum Gasteiger partial charge on any atom is 0.408 e. The van der Waals surface area contributed by atoms with Gasteiger partial charge in [-0.05, 0) is 54.7 Å². The van der Waals surface area contributed by atoms with Gasteiger partial charge in [-0.15, -0.1) is 0 Å². The predicted molar refractivity (Wildman–Crippen MR) is 129 cm³/mol. The summed E-state index contributed by atoms with van der Waals surface area (Å²) in [5, 5.41) is 34.2. The molecule has 0 aromatic heterocycles. The Morgan fingerprint density at radius 1 is 1.06 bits per heavy atom. The van der Waals surface area contributed by atoms with Gasteiger partial charge in [0.05, 0.1) is 0 Å². The number of aryl methyl sites for hydroxylation is 2. The summed E-state index contributed by atoms with van der Waals surface area (Å²) in [4.78, 5) is 37.2. The van der Waals surface area contributed by atoms with Gasteiger partial charge in [0.1, 0.15) is 24.4 Å². The smallest absolute Gasteiger partial charge is 0.408 e. The van der Waals surface area contributed by atoms with E-state index >= 15 is 0 Å². The Morgan fingerprint density at radius 2 is 1.69 bits per heavy atom. The molecule has 0 saturated heterocycles. The van der Waals surface area contributed by atoms with Crippen molar-refractivity contribution >= 4 is 23.9 Å². The fourth-order valence-electron chi connectivity index (χ4n) is 3.50. The van der Waals surface area contributed by atoms with Gasteiger partial charge >= 0.3 is 12.1 Å². The minimum atomic E-state index is -1.28. The Bertz CT molecular complexity index is 1040. The number of carboxylic acid groups (broad SMARTS) is 1. The highest BCUT2D eigenvalue weighted by Gasteiger charge is 2.28. The number of hydrogen-bond donors (Lipinski definition) is 7. The number of hydrogen-bond acceptors (Lipinski definition) is 6. The van der Waals surface area contributed by atoms with Crippen LogP contribution in [0.15, 0.2) is 42.5 Å².